The van der Waals surface area contributed by atoms with Crippen molar-refractivity contribution in [2.24, 2.45) is 5.92 Å². The van der Waals surface area contributed by atoms with Gasteiger partial charge in [0.1, 0.15) is 6.04 Å². The van der Waals surface area contributed by atoms with E-state index >= 15 is 0 Å². The summed E-state index contributed by atoms with van der Waals surface area (Å²) in [5.41, 5.74) is 0.674. The summed E-state index contributed by atoms with van der Waals surface area (Å²) in [5, 5.41) is 10.9. The van der Waals surface area contributed by atoms with E-state index < -0.39 is 6.04 Å². The summed E-state index contributed by atoms with van der Waals surface area (Å²) < 4.78 is 1.73. The summed E-state index contributed by atoms with van der Waals surface area (Å²) in [5.74, 6) is 1.64. The SMILES string of the molecule is O=C(Nc1nnc2ccccn12)C1CSCN1C(=O)C1CCCC1. The molecular weight excluding hydrogens is 326 g/mol. The van der Waals surface area contributed by atoms with Gasteiger partial charge in [-0.3, -0.25) is 19.3 Å². The topological polar surface area (TPSA) is 79.6 Å². The van der Waals surface area contributed by atoms with Crippen molar-refractivity contribution in [2.45, 2.75) is 31.7 Å². The van der Waals surface area contributed by atoms with Crippen molar-refractivity contribution in [2.75, 3.05) is 16.9 Å². The van der Waals surface area contributed by atoms with Gasteiger partial charge < -0.3 is 4.90 Å². The van der Waals surface area contributed by atoms with Gasteiger partial charge in [0.2, 0.25) is 17.8 Å². The molecule has 7 nitrogen and oxygen atoms in total. The lowest BCUT2D eigenvalue weighted by Gasteiger charge is -2.25. The Bertz CT molecular complexity index is 771. The van der Waals surface area contributed by atoms with Gasteiger partial charge in [-0.1, -0.05) is 18.9 Å². The maximum Gasteiger partial charge on any atom is 0.250 e. The number of nitrogens with one attached hydrogen (secondary N) is 1. The van der Waals surface area contributed by atoms with Crippen LogP contribution >= 0.6 is 11.8 Å². The first-order valence-electron chi connectivity index (χ1n) is 8.23. The average molecular weight is 345 g/mol. The molecule has 0 bridgehead atoms. The van der Waals surface area contributed by atoms with E-state index in [1.165, 1.54) is 0 Å². The Kier molecular flexibility index (Phi) is 4.13. The molecule has 0 radical (unpaired) electrons. The zero-order chi connectivity index (χ0) is 16.5. The molecule has 24 heavy (non-hydrogen) atoms. The number of aromatic nitrogens is 3. The van der Waals surface area contributed by atoms with E-state index in [-0.39, 0.29) is 17.7 Å². The van der Waals surface area contributed by atoms with Crippen molar-refractivity contribution < 1.29 is 9.59 Å². The van der Waals surface area contributed by atoms with Gasteiger partial charge in [-0.15, -0.1) is 22.0 Å². The number of carbonyl (C=O) groups is 2. The molecule has 1 aliphatic heterocycles. The van der Waals surface area contributed by atoms with E-state index in [1.807, 2.05) is 18.2 Å². The molecular formula is C16H19N5O2S. The quantitative estimate of drug-likeness (QED) is 0.917. The first-order chi connectivity index (χ1) is 11.7. The first-order valence-corrected chi connectivity index (χ1v) is 9.38. The molecule has 2 amide bonds. The predicted octanol–water partition coefficient (Wildman–Crippen LogP) is 1.76. The van der Waals surface area contributed by atoms with Gasteiger partial charge in [-0.25, -0.2) is 0 Å². The minimum absolute atomic E-state index is 0.0907. The fraction of sp³-hybridized carbons (Fsp3) is 0.500. The van der Waals surface area contributed by atoms with Crippen LogP contribution in [0.2, 0.25) is 0 Å². The number of hydrogen-bond acceptors (Lipinski definition) is 5. The fourth-order valence-electron chi connectivity index (χ4n) is 3.40. The largest absolute Gasteiger partial charge is 0.320 e. The van der Waals surface area contributed by atoms with Crippen LogP contribution in [0.3, 0.4) is 0 Å². The van der Waals surface area contributed by atoms with Crippen LogP contribution in [-0.2, 0) is 9.59 Å². The molecule has 2 aromatic rings. The van der Waals surface area contributed by atoms with Gasteiger partial charge in [-0.2, -0.15) is 0 Å². The van der Waals surface area contributed by atoms with Crippen molar-refractivity contribution in [1.82, 2.24) is 19.5 Å². The Morgan fingerprint density at radius 2 is 2.04 bits per heavy atom. The highest BCUT2D eigenvalue weighted by atomic mass is 32.2. The number of fused-ring (bicyclic) bond motifs is 1. The number of amides is 2. The lowest BCUT2D eigenvalue weighted by Crippen LogP contribution is -2.46. The number of rotatable bonds is 3. The van der Waals surface area contributed by atoms with Crippen LogP contribution in [0.25, 0.3) is 5.65 Å². The summed E-state index contributed by atoms with van der Waals surface area (Å²) in [6.45, 7) is 0. The molecule has 1 N–H and O–H groups in total. The molecule has 1 aliphatic carbocycles. The summed E-state index contributed by atoms with van der Waals surface area (Å²) in [7, 11) is 0. The highest BCUT2D eigenvalue weighted by molar-refractivity contribution is 7.99. The van der Waals surface area contributed by atoms with Crippen LogP contribution in [0.5, 0.6) is 0 Å². The predicted molar refractivity (Wildman–Crippen MR) is 91.5 cm³/mol. The summed E-state index contributed by atoms with van der Waals surface area (Å²) in [4.78, 5) is 27.1. The number of thioether (sulfide) groups is 1. The third-order valence-electron chi connectivity index (χ3n) is 4.72. The van der Waals surface area contributed by atoms with Gasteiger partial charge in [0.25, 0.3) is 0 Å². The summed E-state index contributed by atoms with van der Waals surface area (Å²) in [6.07, 6.45) is 5.92. The second-order valence-corrected chi connectivity index (χ2v) is 7.25. The molecule has 1 saturated carbocycles. The van der Waals surface area contributed by atoms with Crippen molar-refractivity contribution in [3.63, 3.8) is 0 Å². The standard InChI is InChI=1S/C16H19N5O2S/c22-14(17-16-19-18-13-7-3-4-8-20(13)16)12-9-24-10-21(12)15(23)11-5-1-2-6-11/h3-4,7-8,11-12H,1-2,5-6,9-10H2,(H,17,19,22). The molecule has 1 unspecified atom stereocenters. The second-order valence-electron chi connectivity index (χ2n) is 6.25. The van der Waals surface area contributed by atoms with Crippen LogP contribution in [0, 0.1) is 5.92 Å². The molecule has 4 rings (SSSR count). The minimum Gasteiger partial charge on any atom is -0.320 e. The number of carbonyl (C=O) groups excluding carboxylic acids is 2. The number of hydrogen-bond donors (Lipinski definition) is 1. The van der Waals surface area contributed by atoms with Gasteiger partial charge in [0.05, 0.1) is 5.88 Å². The van der Waals surface area contributed by atoms with E-state index in [1.54, 1.807) is 27.3 Å². The van der Waals surface area contributed by atoms with Crippen LogP contribution in [0.1, 0.15) is 25.7 Å². The van der Waals surface area contributed by atoms with Crippen LogP contribution in [-0.4, -0.2) is 49.0 Å². The Morgan fingerprint density at radius 1 is 1.21 bits per heavy atom. The molecule has 8 heteroatoms. The van der Waals surface area contributed by atoms with E-state index in [9.17, 15) is 9.59 Å². The normalized spacial score (nSPS) is 21.5. The van der Waals surface area contributed by atoms with E-state index in [0.717, 1.165) is 25.7 Å². The molecule has 2 aliphatic rings. The van der Waals surface area contributed by atoms with E-state index in [2.05, 4.69) is 15.5 Å². The lowest BCUT2D eigenvalue weighted by atomic mass is 10.1. The van der Waals surface area contributed by atoms with Gasteiger partial charge in [-0.05, 0) is 25.0 Å². The molecule has 0 spiro atoms. The summed E-state index contributed by atoms with van der Waals surface area (Å²) in [6, 6.07) is 5.11. The average Bonchev–Trinajstić information content (AvgIpc) is 3.35. The second kappa shape index (κ2) is 6.43. The number of anilines is 1. The van der Waals surface area contributed by atoms with Crippen LogP contribution in [0.4, 0.5) is 5.95 Å². The highest BCUT2D eigenvalue weighted by Crippen LogP contribution is 2.31. The molecule has 3 heterocycles. The first kappa shape index (κ1) is 15.4. The van der Waals surface area contributed by atoms with Gasteiger partial charge >= 0.3 is 0 Å². The zero-order valence-corrected chi connectivity index (χ0v) is 14.0. The van der Waals surface area contributed by atoms with Crippen LogP contribution in [0.15, 0.2) is 24.4 Å². The Labute approximate surface area is 143 Å². The molecule has 1 atom stereocenters. The Morgan fingerprint density at radius 3 is 2.88 bits per heavy atom. The molecule has 126 valence electrons. The maximum absolute atomic E-state index is 12.7. The Hall–Kier alpha value is -2.09. The molecule has 2 fully saturated rings. The van der Waals surface area contributed by atoms with Crippen LogP contribution < -0.4 is 5.32 Å². The third-order valence-corrected chi connectivity index (χ3v) is 5.73. The third kappa shape index (κ3) is 2.75. The molecule has 0 aromatic carbocycles. The van der Waals surface area contributed by atoms with Crippen molar-refractivity contribution in [1.29, 1.82) is 0 Å². The van der Waals surface area contributed by atoms with E-state index in [0.29, 0.717) is 23.2 Å². The molecule has 2 aromatic heterocycles. The van der Waals surface area contributed by atoms with Crippen molar-refractivity contribution in [3.05, 3.63) is 24.4 Å². The molecule has 1 saturated heterocycles. The van der Waals surface area contributed by atoms with Gasteiger partial charge in [0, 0.05) is 17.9 Å². The fourth-order valence-corrected chi connectivity index (χ4v) is 4.57. The lowest BCUT2D eigenvalue weighted by molar-refractivity contribution is -0.139. The maximum atomic E-state index is 12.7. The monoisotopic (exact) mass is 345 g/mol. The number of nitrogens with zero attached hydrogens (tertiary/aromatic N) is 4. The van der Waals surface area contributed by atoms with Crippen molar-refractivity contribution in [3.8, 4) is 0 Å². The number of pyridine rings is 1. The summed E-state index contributed by atoms with van der Waals surface area (Å²) >= 11 is 1.62. The van der Waals surface area contributed by atoms with Gasteiger partial charge in [0.15, 0.2) is 5.65 Å². The van der Waals surface area contributed by atoms with Crippen molar-refractivity contribution >= 4 is 35.2 Å². The smallest absolute Gasteiger partial charge is 0.250 e. The zero-order valence-electron chi connectivity index (χ0n) is 13.2. The minimum atomic E-state index is -0.431. The highest BCUT2D eigenvalue weighted by Gasteiger charge is 2.38. The Balaban J connectivity index is 1.49. The van der Waals surface area contributed by atoms with E-state index in [4.69, 9.17) is 0 Å².